The summed E-state index contributed by atoms with van der Waals surface area (Å²) in [6, 6.07) is 0.642. The van der Waals surface area contributed by atoms with E-state index in [1.54, 1.807) is 0 Å². The first-order valence-electron chi connectivity index (χ1n) is 6.69. The molecule has 0 spiro atoms. The van der Waals surface area contributed by atoms with E-state index in [4.69, 9.17) is 4.99 Å². The van der Waals surface area contributed by atoms with Crippen LogP contribution in [0.2, 0.25) is 0 Å². The minimum absolute atomic E-state index is 0. The van der Waals surface area contributed by atoms with Gasteiger partial charge in [-0.05, 0) is 25.9 Å². The topological polar surface area (TPSA) is 22.1 Å². The molecule has 1 aliphatic heterocycles. The van der Waals surface area contributed by atoms with Gasteiger partial charge in [-0.1, -0.05) is 13.3 Å². The maximum Gasteiger partial charge on any atom is 0.195 e. The summed E-state index contributed by atoms with van der Waals surface area (Å²) >= 11 is 0. The lowest BCUT2D eigenvalue weighted by Crippen LogP contribution is -2.42. The fraction of sp³-hybridized carbons (Fsp3) is 0.923. The third-order valence-electron chi connectivity index (χ3n) is 3.40. The van der Waals surface area contributed by atoms with Crippen LogP contribution in [-0.4, -0.2) is 74.5 Å². The van der Waals surface area contributed by atoms with Gasteiger partial charge in [0.25, 0.3) is 0 Å². The summed E-state index contributed by atoms with van der Waals surface area (Å²) in [5.41, 5.74) is 0. The molecule has 0 aromatic rings. The van der Waals surface area contributed by atoms with E-state index in [1.165, 1.54) is 25.8 Å². The Labute approximate surface area is 129 Å². The summed E-state index contributed by atoms with van der Waals surface area (Å²) < 4.78 is 0. The van der Waals surface area contributed by atoms with Gasteiger partial charge in [0.05, 0.1) is 6.54 Å². The Morgan fingerprint density at radius 1 is 1.17 bits per heavy atom. The van der Waals surface area contributed by atoms with Gasteiger partial charge in [0.15, 0.2) is 5.96 Å². The van der Waals surface area contributed by atoms with Crippen LogP contribution in [0.5, 0.6) is 0 Å². The predicted octanol–water partition coefficient (Wildman–Crippen LogP) is 1.96. The van der Waals surface area contributed by atoms with Crippen molar-refractivity contribution in [3.05, 3.63) is 0 Å². The first-order valence-corrected chi connectivity index (χ1v) is 6.69. The predicted molar refractivity (Wildman–Crippen MR) is 90.0 cm³/mol. The Bertz CT molecular complexity index is 243. The van der Waals surface area contributed by atoms with Gasteiger partial charge in [-0.25, -0.2) is 0 Å². The van der Waals surface area contributed by atoms with Crippen LogP contribution in [-0.2, 0) is 0 Å². The molecule has 1 heterocycles. The van der Waals surface area contributed by atoms with Gasteiger partial charge in [0.2, 0.25) is 0 Å². The SMILES string of the molecule is CCN1CCCCC1CN=C(N(C)C)N(C)C.I. The molecule has 18 heavy (non-hydrogen) atoms. The van der Waals surface area contributed by atoms with Crippen LogP contribution in [0.3, 0.4) is 0 Å². The molecular weight excluding hydrogens is 339 g/mol. The Balaban J connectivity index is 0.00000289. The van der Waals surface area contributed by atoms with E-state index in [0.29, 0.717) is 6.04 Å². The molecule has 1 rings (SSSR count). The second-order valence-corrected chi connectivity index (χ2v) is 5.21. The molecule has 0 amide bonds. The number of nitrogens with zero attached hydrogens (tertiary/aromatic N) is 4. The fourth-order valence-corrected chi connectivity index (χ4v) is 2.55. The van der Waals surface area contributed by atoms with Gasteiger partial charge >= 0.3 is 0 Å². The Morgan fingerprint density at radius 3 is 2.28 bits per heavy atom. The third-order valence-corrected chi connectivity index (χ3v) is 3.40. The van der Waals surface area contributed by atoms with Gasteiger partial charge in [0, 0.05) is 34.2 Å². The Hall–Kier alpha value is -0.0400. The maximum absolute atomic E-state index is 4.77. The molecule has 1 aliphatic rings. The highest BCUT2D eigenvalue weighted by atomic mass is 127. The van der Waals surface area contributed by atoms with Gasteiger partial charge < -0.3 is 9.80 Å². The largest absolute Gasteiger partial charge is 0.349 e. The van der Waals surface area contributed by atoms with E-state index in [0.717, 1.165) is 19.0 Å². The summed E-state index contributed by atoms with van der Waals surface area (Å²) in [5, 5.41) is 0. The number of likely N-dealkylation sites (tertiary alicyclic amines) is 1. The fourth-order valence-electron chi connectivity index (χ4n) is 2.55. The normalized spacial score (nSPS) is 19.9. The summed E-state index contributed by atoms with van der Waals surface area (Å²) in [5.74, 6) is 1.06. The Morgan fingerprint density at radius 2 is 1.78 bits per heavy atom. The number of guanidine groups is 1. The summed E-state index contributed by atoms with van der Waals surface area (Å²) in [4.78, 5) is 11.5. The van der Waals surface area contributed by atoms with E-state index in [2.05, 4.69) is 49.8 Å². The van der Waals surface area contributed by atoms with E-state index >= 15 is 0 Å². The van der Waals surface area contributed by atoms with E-state index < -0.39 is 0 Å². The Kier molecular flexibility index (Phi) is 8.94. The summed E-state index contributed by atoms with van der Waals surface area (Å²) in [7, 11) is 8.21. The van der Waals surface area contributed by atoms with Crippen molar-refractivity contribution >= 4 is 29.9 Å². The van der Waals surface area contributed by atoms with Crippen LogP contribution in [0.4, 0.5) is 0 Å². The molecule has 0 aromatic carbocycles. The minimum atomic E-state index is 0. The highest BCUT2D eigenvalue weighted by molar-refractivity contribution is 14.0. The molecule has 0 radical (unpaired) electrons. The van der Waals surface area contributed by atoms with Gasteiger partial charge in [-0.3, -0.25) is 9.89 Å². The number of aliphatic imine (C=N–C) groups is 1. The number of rotatable bonds is 3. The first kappa shape index (κ1) is 18.0. The van der Waals surface area contributed by atoms with Crippen molar-refractivity contribution in [3.8, 4) is 0 Å². The zero-order valence-corrected chi connectivity index (χ0v) is 14.8. The van der Waals surface area contributed by atoms with Crippen molar-refractivity contribution in [1.29, 1.82) is 0 Å². The number of piperidine rings is 1. The minimum Gasteiger partial charge on any atom is -0.349 e. The molecule has 4 nitrogen and oxygen atoms in total. The number of halogens is 1. The van der Waals surface area contributed by atoms with Crippen LogP contribution in [0.15, 0.2) is 4.99 Å². The van der Waals surface area contributed by atoms with E-state index in [-0.39, 0.29) is 24.0 Å². The van der Waals surface area contributed by atoms with Crippen molar-refractivity contribution in [2.75, 3.05) is 47.8 Å². The molecule has 0 aromatic heterocycles. The van der Waals surface area contributed by atoms with Crippen LogP contribution in [0.25, 0.3) is 0 Å². The first-order chi connectivity index (χ1) is 8.06. The van der Waals surface area contributed by atoms with E-state index in [1.807, 2.05) is 0 Å². The van der Waals surface area contributed by atoms with Crippen LogP contribution in [0.1, 0.15) is 26.2 Å². The van der Waals surface area contributed by atoms with Crippen molar-refractivity contribution in [1.82, 2.24) is 14.7 Å². The lowest BCUT2D eigenvalue weighted by atomic mass is 10.0. The summed E-state index contributed by atoms with van der Waals surface area (Å²) in [6.45, 7) is 5.58. The zero-order chi connectivity index (χ0) is 12.8. The molecule has 5 heteroatoms. The monoisotopic (exact) mass is 368 g/mol. The van der Waals surface area contributed by atoms with Gasteiger partial charge in [0.1, 0.15) is 0 Å². The highest BCUT2D eigenvalue weighted by Crippen LogP contribution is 2.16. The lowest BCUT2D eigenvalue weighted by Gasteiger charge is -2.34. The number of hydrogen-bond donors (Lipinski definition) is 0. The molecule has 0 aliphatic carbocycles. The third kappa shape index (κ3) is 5.30. The zero-order valence-electron chi connectivity index (χ0n) is 12.5. The van der Waals surface area contributed by atoms with Crippen LogP contribution < -0.4 is 0 Å². The molecule has 1 saturated heterocycles. The highest BCUT2D eigenvalue weighted by Gasteiger charge is 2.20. The molecule has 0 N–H and O–H groups in total. The van der Waals surface area contributed by atoms with Crippen molar-refractivity contribution in [2.45, 2.75) is 32.2 Å². The summed E-state index contributed by atoms with van der Waals surface area (Å²) in [6.07, 6.45) is 4.00. The molecule has 1 atom stereocenters. The van der Waals surface area contributed by atoms with Crippen molar-refractivity contribution in [2.24, 2.45) is 4.99 Å². The van der Waals surface area contributed by atoms with Crippen molar-refractivity contribution in [3.63, 3.8) is 0 Å². The van der Waals surface area contributed by atoms with E-state index in [9.17, 15) is 0 Å². The van der Waals surface area contributed by atoms with Gasteiger partial charge in [-0.2, -0.15) is 0 Å². The molecule has 108 valence electrons. The van der Waals surface area contributed by atoms with Crippen LogP contribution >= 0.6 is 24.0 Å². The average molecular weight is 368 g/mol. The molecule has 1 fully saturated rings. The van der Waals surface area contributed by atoms with Gasteiger partial charge in [-0.15, -0.1) is 24.0 Å². The molecule has 1 unspecified atom stereocenters. The molecular formula is C13H29IN4. The smallest absolute Gasteiger partial charge is 0.195 e. The molecule has 0 saturated carbocycles. The number of hydrogen-bond acceptors (Lipinski definition) is 2. The lowest BCUT2D eigenvalue weighted by molar-refractivity contribution is 0.161. The molecule has 0 bridgehead atoms. The van der Waals surface area contributed by atoms with Crippen LogP contribution in [0, 0.1) is 0 Å². The average Bonchev–Trinajstić information content (AvgIpc) is 2.29. The maximum atomic E-state index is 4.77. The second-order valence-electron chi connectivity index (χ2n) is 5.21. The quantitative estimate of drug-likeness (QED) is 0.432. The second kappa shape index (κ2) is 8.96. The van der Waals surface area contributed by atoms with Crippen molar-refractivity contribution < 1.29 is 0 Å². The number of likely N-dealkylation sites (N-methyl/N-ethyl adjacent to an activating group) is 1. The standard InChI is InChI=1S/C13H28N4.HI/c1-6-17-10-8-7-9-12(17)11-14-13(15(2)3)16(4)5;/h12H,6-11H2,1-5H3;1H.